The Morgan fingerprint density at radius 3 is 2.50 bits per heavy atom. The SMILES string of the molecule is Cc1cccc(NC(=O)CCc2ccc(N3C(N)=NC(N)=NC3(C)C)cc2)c1. The van der Waals surface area contributed by atoms with Crippen LogP contribution in [-0.2, 0) is 11.2 Å². The van der Waals surface area contributed by atoms with Crippen LogP contribution in [0.4, 0.5) is 11.4 Å². The third-order valence-corrected chi connectivity index (χ3v) is 4.53. The third kappa shape index (κ3) is 4.49. The van der Waals surface area contributed by atoms with E-state index in [9.17, 15) is 4.79 Å². The molecule has 1 aliphatic heterocycles. The lowest BCUT2D eigenvalue weighted by molar-refractivity contribution is -0.116. The first-order valence-electron chi connectivity index (χ1n) is 9.20. The van der Waals surface area contributed by atoms with Gasteiger partial charge in [0.25, 0.3) is 0 Å². The summed E-state index contributed by atoms with van der Waals surface area (Å²) in [6.45, 7) is 5.84. The number of anilines is 2. The summed E-state index contributed by atoms with van der Waals surface area (Å²) in [6, 6.07) is 15.6. The number of carbonyl (C=O) groups is 1. The molecular formula is C21H26N6O. The summed E-state index contributed by atoms with van der Waals surface area (Å²) >= 11 is 0. The molecular weight excluding hydrogens is 352 g/mol. The maximum atomic E-state index is 12.2. The Balaban J connectivity index is 1.62. The zero-order valence-electron chi connectivity index (χ0n) is 16.4. The van der Waals surface area contributed by atoms with E-state index in [2.05, 4.69) is 15.3 Å². The van der Waals surface area contributed by atoms with Crippen LogP contribution in [0.25, 0.3) is 0 Å². The van der Waals surface area contributed by atoms with Gasteiger partial charge in [-0.1, -0.05) is 24.3 Å². The van der Waals surface area contributed by atoms with Gasteiger partial charge in [0.1, 0.15) is 5.66 Å². The van der Waals surface area contributed by atoms with E-state index in [0.717, 1.165) is 22.5 Å². The highest BCUT2D eigenvalue weighted by atomic mass is 16.1. The zero-order chi connectivity index (χ0) is 20.3. The molecule has 2 aromatic carbocycles. The van der Waals surface area contributed by atoms with Gasteiger partial charge < -0.3 is 16.8 Å². The Labute approximate surface area is 165 Å². The number of hydrogen-bond donors (Lipinski definition) is 3. The standard InChI is InChI=1S/C21H26N6O/c1-14-5-4-6-16(13-14)24-18(28)12-9-15-7-10-17(11-8-15)27-20(23)25-19(22)26-21(27,2)3/h4-8,10-11,13H,9,12H2,1-3H3,(H,24,28)(H4,22,23,25,26). The molecule has 0 unspecified atom stereocenters. The van der Waals surface area contributed by atoms with Gasteiger partial charge in [0.2, 0.25) is 17.8 Å². The molecule has 2 aromatic rings. The Bertz CT molecular complexity index is 930. The van der Waals surface area contributed by atoms with Crippen molar-refractivity contribution in [2.75, 3.05) is 10.2 Å². The molecule has 28 heavy (non-hydrogen) atoms. The van der Waals surface area contributed by atoms with Crippen molar-refractivity contribution in [2.45, 2.75) is 39.3 Å². The molecule has 1 amide bonds. The summed E-state index contributed by atoms with van der Waals surface area (Å²) in [5, 5.41) is 2.93. The van der Waals surface area contributed by atoms with Gasteiger partial charge in [0, 0.05) is 17.8 Å². The normalized spacial score (nSPS) is 15.6. The van der Waals surface area contributed by atoms with Gasteiger partial charge in [-0.2, -0.15) is 4.99 Å². The lowest BCUT2D eigenvalue weighted by Crippen LogP contribution is -2.54. The number of carbonyl (C=O) groups excluding carboxylic acids is 1. The quantitative estimate of drug-likeness (QED) is 0.743. The number of hydrogen-bond acceptors (Lipinski definition) is 6. The zero-order valence-corrected chi connectivity index (χ0v) is 16.4. The lowest BCUT2D eigenvalue weighted by atomic mass is 10.1. The number of guanidine groups is 2. The summed E-state index contributed by atoms with van der Waals surface area (Å²) in [4.78, 5) is 22.4. The van der Waals surface area contributed by atoms with E-state index in [1.54, 1.807) is 0 Å². The van der Waals surface area contributed by atoms with Crippen molar-refractivity contribution in [2.24, 2.45) is 21.5 Å². The molecule has 0 saturated heterocycles. The predicted molar refractivity (Wildman–Crippen MR) is 114 cm³/mol. The second kappa shape index (κ2) is 7.72. The van der Waals surface area contributed by atoms with Crippen molar-refractivity contribution < 1.29 is 4.79 Å². The summed E-state index contributed by atoms with van der Waals surface area (Å²) in [6.07, 6.45) is 1.06. The van der Waals surface area contributed by atoms with Crippen LogP contribution in [0.3, 0.4) is 0 Å². The second-order valence-electron chi connectivity index (χ2n) is 7.35. The lowest BCUT2D eigenvalue weighted by Gasteiger charge is -2.38. The van der Waals surface area contributed by atoms with Gasteiger partial charge in [-0.3, -0.25) is 9.69 Å². The molecule has 0 radical (unpaired) electrons. The maximum Gasteiger partial charge on any atom is 0.224 e. The molecule has 0 spiro atoms. The summed E-state index contributed by atoms with van der Waals surface area (Å²) < 4.78 is 0. The molecule has 7 heteroatoms. The van der Waals surface area contributed by atoms with Crippen LogP contribution < -0.4 is 21.7 Å². The number of rotatable bonds is 5. The van der Waals surface area contributed by atoms with Gasteiger partial charge in [-0.15, -0.1) is 0 Å². The van der Waals surface area contributed by atoms with Gasteiger partial charge >= 0.3 is 0 Å². The highest BCUT2D eigenvalue weighted by Crippen LogP contribution is 2.27. The molecule has 0 fully saturated rings. The molecule has 7 nitrogen and oxygen atoms in total. The molecule has 0 saturated carbocycles. The van der Waals surface area contributed by atoms with Crippen LogP contribution in [0, 0.1) is 6.92 Å². The first-order valence-corrected chi connectivity index (χ1v) is 9.20. The second-order valence-corrected chi connectivity index (χ2v) is 7.35. The van der Waals surface area contributed by atoms with Crippen molar-refractivity contribution in [1.82, 2.24) is 0 Å². The number of nitrogens with two attached hydrogens (primary N) is 2. The minimum absolute atomic E-state index is 0.00645. The molecule has 0 bridgehead atoms. The van der Waals surface area contributed by atoms with E-state index in [1.807, 2.05) is 74.2 Å². The van der Waals surface area contributed by atoms with E-state index in [1.165, 1.54) is 0 Å². The summed E-state index contributed by atoms with van der Waals surface area (Å²) in [5.41, 5.74) is 15.0. The van der Waals surface area contributed by atoms with Crippen LogP contribution in [0.5, 0.6) is 0 Å². The number of aryl methyl sites for hydroxylation is 2. The molecule has 1 heterocycles. The van der Waals surface area contributed by atoms with E-state index in [0.29, 0.717) is 18.8 Å². The van der Waals surface area contributed by atoms with Crippen molar-refractivity contribution >= 4 is 29.2 Å². The van der Waals surface area contributed by atoms with Crippen molar-refractivity contribution in [3.05, 3.63) is 59.7 Å². The minimum atomic E-state index is -0.620. The third-order valence-electron chi connectivity index (χ3n) is 4.53. The van der Waals surface area contributed by atoms with Crippen molar-refractivity contribution in [1.29, 1.82) is 0 Å². The largest absolute Gasteiger partial charge is 0.369 e. The van der Waals surface area contributed by atoms with Crippen molar-refractivity contribution in [3.8, 4) is 0 Å². The molecule has 1 aliphatic rings. The Morgan fingerprint density at radius 2 is 1.86 bits per heavy atom. The fourth-order valence-electron chi connectivity index (χ4n) is 3.27. The molecule has 146 valence electrons. The van der Waals surface area contributed by atoms with E-state index in [-0.39, 0.29) is 11.9 Å². The van der Waals surface area contributed by atoms with Crippen LogP contribution in [0.15, 0.2) is 58.5 Å². The number of amides is 1. The smallest absolute Gasteiger partial charge is 0.224 e. The van der Waals surface area contributed by atoms with Crippen LogP contribution in [0.2, 0.25) is 0 Å². The van der Waals surface area contributed by atoms with E-state index < -0.39 is 5.66 Å². The van der Waals surface area contributed by atoms with Gasteiger partial charge in [-0.05, 0) is 62.6 Å². The minimum Gasteiger partial charge on any atom is -0.369 e. The number of aliphatic imine (C=N–C) groups is 2. The Morgan fingerprint density at radius 1 is 1.14 bits per heavy atom. The van der Waals surface area contributed by atoms with Gasteiger partial charge in [0.05, 0.1) is 0 Å². The molecule has 5 N–H and O–H groups in total. The molecule has 0 atom stereocenters. The molecule has 0 aliphatic carbocycles. The van der Waals surface area contributed by atoms with E-state index >= 15 is 0 Å². The molecule has 3 rings (SSSR count). The molecule has 0 aromatic heterocycles. The highest BCUT2D eigenvalue weighted by molar-refractivity contribution is 6.05. The highest BCUT2D eigenvalue weighted by Gasteiger charge is 2.32. The fraction of sp³-hybridized carbons (Fsp3) is 0.286. The fourth-order valence-corrected chi connectivity index (χ4v) is 3.27. The van der Waals surface area contributed by atoms with Crippen LogP contribution in [0.1, 0.15) is 31.4 Å². The Kier molecular flexibility index (Phi) is 5.35. The average Bonchev–Trinajstić information content (AvgIpc) is 2.59. The number of nitrogens with zero attached hydrogens (tertiary/aromatic N) is 3. The maximum absolute atomic E-state index is 12.2. The summed E-state index contributed by atoms with van der Waals surface area (Å²) in [5.74, 6) is 0.478. The van der Waals surface area contributed by atoms with Crippen LogP contribution in [-0.4, -0.2) is 23.5 Å². The summed E-state index contributed by atoms with van der Waals surface area (Å²) in [7, 11) is 0. The first-order chi connectivity index (χ1) is 13.2. The van der Waals surface area contributed by atoms with Crippen LogP contribution >= 0.6 is 0 Å². The van der Waals surface area contributed by atoms with Crippen molar-refractivity contribution in [3.63, 3.8) is 0 Å². The average molecular weight is 378 g/mol. The topological polar surface area (TPSA) is 109 Å². The monoisotopic (exact) mass is 378 g/mol. The Hall–Kier alpha value is -3.35. The number of benzene rings is 2. The van der Waals surface area contributed by atoms with Gasteiger partial charge in [0.15, 0.2) is 0 Å². The van der Waals surface area contributed by atoms with Gasteiger partial charge in [-0.25, -0.2) is 4.99 Å². The first kappa shape index (κ1) is 19.4. The number of nitrogens with one attached hydrogen (secondary N) is 1. The predicted octanol–water partition coefficient (Wildman–Crippen LogP) is 2.75. The van der Waals surface area contributed by atoms with E-state index in [4.69, 9.17) is 11.5 Å².